The van der Waals surface area contributed by atoms with Crippen LogP contribution in [0.15, 0.2) is 17.0 Å². The Balaban J connectivity index is 2.42. The highest BCUT2D eigenvalue weighted by Crippen LogP contribution is 2.26. The predicted molar refractivity (Wildman–Crippen MR) is 69.4 cm³/mol. The van der Waals surface area contributed by atoms with Gasteiger partial charge in [-0.3, -0.25) is 0 Å². The van der Waals surface area contributed by atoms with Crippen molar-refractivity contribution in [2.75, 3.05) is 12.4 Å². The maximum absolute atomic E-state index is 14.0. The van der Waals surface area contributed by atoms with Crippen LogP contribution in [0.3, 0.4) is 0 Å². The van der Waals surface area contributed by atoms with Gasteiger partial charge < -0.3 is 9.84 Å². The van der Waals surface area contributed by atoms with E-state index in [-0.39, 0.29) is 10.8 Å². The summed E-state index contributed by atoms with van der Waals surface area (Å²) in [6.45, 7) is 0.471. The standard InChI is InChI=1S/C12H12ClFO5S/c13-7-4-9(12(15)16)11(14)10(5-7)20(17,18)6-8-2-1-3-19-8/h4-5,8H,1-3,6H2,(H,15,16). The van der Waals surface area contributed by atoms with Gasteiger partial charge in [0.05, 0.1) is 17.4 Å². The maximum atomic E-state index is 14.0. The first-order valence-electron chi connectivity index (χ1n) is 5.88. The van der Waals surface area contributed by atoms with Crippen molar-refractivity contribution >= 4 is 27.4 Å². The SMILES string of the molecule is O=C(O)c1cc(Cl)cc(S(=O)(=O)CC2CCCO2)c1F. The van der Waals surface area contributed by atoms with Gasteiger partial charge in [0.15, 0.2) is 15.7 Å². The summed E-state index contributed by atoms with van der Waals surface area (Å²) in [5, 5.41) is 8.70. The minimum Gasteiger partial charge on any atom is -0.478 e. The Labute approximate surface area is 120 Å². The van der Waals surface area contributed by atoms with Crippen LogP contribution in [0.2, 0.25) is 5.02 Å². The Bertz CT molecular complexity index is 637. The number of hydrogen-bond acceptors (Lipinski definition) is 4. The summed E-state index contributed by atoms with van der Waals surface area (Å²) in [7, 11) is -4.00. The van der Waals surface area contributed by atoms with Gasteiger partial charge in [-0.1, -0.05) is 11.6 Å². The lowest BCUT2D eigenvalue weighted by Gasteiger charge is -2.12. The number of sulfone groups is 1. The van der Waals surface area contributed by atoms with Crippen LogP contribution < -0.4 is 0 Å². The molecule has 2 rings (SSSR count). The maximum Gasteiger partial charge on any atom is 0.338 e. The number of benzene rings is 1. The molecule has 0 aliphatic carbocycles. The van der Waals surface area contributed by atoms with Gasteiger partial charge in [0.25, 0.3) is 0 Å². The summed E-state index contributed by atoms with van der Waals surface area (Å²) in [6.07, 6.45) is 0.831. The van der Waals surface area contributed by atoms with E-state index in [1.807, 2.05) is 0 Å². The molecule has 1 heterocycles. The zero-order chi connectivity index (χ0) is 14.9. The highest BCUT2D eigenvalue weighted by molar-refractivity contribution is 7.91. The molecule has 0 bridgehead atoms. The zero-order valence-corrected chi connectivity index (χ0v) is 11.9. The van der Waals surface area contributed by atoms with Gasteiger partial charge in [-0.15, -0.1) is 0 Å². The minimum absolute atomic E-state index is 0.144. The molecule has 0 aromatic heterocycles. The van der Waals surface area contributed by atoms with Crippen LogP contribution in [-0.4, -0.2) is 38.0 Å². The first-order chi connectivity index (χ1) is 9.31. The number of rotatable bonds is 4. The molecule has 1 aliphatic rings. The van der Waals surface area contributed by atoms with E-state index in [1.165, 1.54) is 0 Å². The lowest BCUT2D eigenvalue weighted by atomic mass is 10.2. The molecule has 1 atom stereocenters. The smallest absolute Gasteiger partial charge is 0.338 e. The molecule has 1 aromatic rings. The Kier molecular flexibility index (Phi) is 4.31. The van der Waals surface area contributed by atoms with Gasteiger partial charge in [-0.25, -0.2) is 17.6 Å². The van der Waals surface area contributed by atoms with Crippen molar-refractivity contribution in [1.82, 2.24) is 0 Å². The fourth-order valence-electron chi connectivity index (χ4n) is 2.06. The topological polar surface area (TPSA) is 80.7 Å². The number of halogens is 2. The van der Waals surface area contributed by atoms with Crippen LogP contribution in [0.5, 0.6) is 0 Å². The summed E-state index contributed by atoms with van der Waals surface area (Å²) < 4.78 is 43.5. The summed E-state index contributed by atoms with van der Waals surface area (Å²) in [5.74, 6) is -3.25. The third kappa shape index (κ3) is 3.11. The third-order valence-electron chi connectivity index (χ3n) is 3.00. The number of aromatic carboxylic acids is 1. The monoisotopic (exact) mass is 322 g/mol. The molecule has 0 radical (unpaired) electrons. The van der Waals surface area contributed by atoms with Crippen molar-refractivity contribution in [1.29, 1.82) is 0 Å². The summed E-state index contributed by atoms with van der Waals surface area (Å²) in [5.41, 5.74) is -0.761. The average Bonchev–Trinajstić information content (AvgIpc) is 2.83. The molecule has 0 saturated carbocycles. The number of ether oxygens (including phenoxy) is 1. The molecule has 1 aromatic carbocycles. The predicted octanol–water partition coefficient (Wildman–Crippen LogP) is 2.13. The van der Waals surface area contributed by atoms with E-state index in [9.17, 15) is 17.6 Å². The first-order valence-corrected chi connectivity index (χ1v) is 7.91. The van der Waals surface area contributed by atoms with E-state index in [2.05, 4.69) is 0 Å². The van der Waals surface area contributed by atoms with E-state index in [1.54, 1.807) is 0 Å². The molecule has 20 heavy (non-hydrogen) atoms. The highest BCUT2D eigenvalue weighted by Gasteiger charge is 2.29. The number of carbonyl (C=O) groups is 1. The Morgan fingerprint density at radius 2 is 2.20 bits per heavy atom. The summed E-state index contributed by atoms with van der Waals surface area (Å²) >= 11 is 5.66. The second kappa shape index (κ2) is 5.67. The Morgan fingerprint density at radius 3 is 2.75 bits per heavy atom. The van der Waals surface area contributed by atoms with Crippen LogP contribution in [0.25, 0.3) is 0 Å². The van der Waals surface area contributed by atoms with Crippen molar-refractivity contribution in [2.45, 2.75) is 23.8 Å². The first kappa shape index (κ1) is 15.2. The van der Waals surface area contributed by atoms with E-state index in [0.717, 1.165) is 18.6 Å². The van der Waals surface area contributed by atoms with Crippen LogP contribution in [0.1, 0.15) is 23.2 Å². The van der Waals surface area contributed by atoms with Crippen molar-refractivity contribution in [3.8, 4) is 0 Å². The van der Waals surface area contributed by atoms with Gasteiger partial charge in [-0.05, 0) is 25.0 Å². The quantitative estimate of drug-likeness (QED) is 0.918. The van der Waals surface area contributed by atoms with Crippen molar-refractivity contribution in [3.63, 3.8) is 0 Å². The molecule has 1 N–H and O–H groups in total. The molecular weight excluding hydrogens is 311 g/mol. The van der Waals surface area contributed by atoms with Crippen LogP contribution in [0, 0.1) is 5.82 Å². The third-order valence-corrected chi connectivity index (χ3v) is 4.99. The molecule has 1 fully saturated rings. The van der Waals surface area contributed by atoms with Gasteiger partial charge in [0.1, 0.15) is 4.90 Å². The van der Waals surface area contributed by atoms with E-state index in [4.69, 9.17) is 21.4 Å². The van der Waals surface area contributed by atoms with E-state index >= 15 is 0 Å². The van der Waals surface area contributed by atoms with Crippen LogP contribution in [-0.2, 0) is 14.6 Å². The Hall–Kier alpha value is -1.18. The second-order valence-electron chi connectivity index (χ2n) is 4.49. The van der Waals surface area contributed by atoms with E-state index in [0.29, 0.717) is 13.0 Å². The molecule has 8 heteroatoms. The van der Waals surface area contributed by atoms with Crippen molar-refractivity contribution < 1.29 is 27.4 Å². The fraction of sp³-hybridized carbons (Fsp3) is 0.417. The number of carboxylic acids is 1. The zero-order valence-electron chi connectivity index (χ0n) is 10.3. The normalized spacial score (nSPS) is 19.2. The molecule has 0 spiro atoms. The molecular formula is C12H12ClFO5S. The molecule has 1 unspecified atom stereocenters. The lowest BCUT2D eigenvalue weighted by Crippen LogP contribution is -2.21. The molecule has 1 aliphatic heterocycles. The number of carboxylic acid groups (broad SMARTS) is 1. The van der Waals surface area contributed by atoms with Crippen molar-refractivity contribution in [3.05, 3.63) is 28.5 Å². The second-order valence-corrected chi connectivity index (χ2v) is 6.93. The van der Waals surface area contributed by atoms with Crippen LogP contribution in [0.4, 0.5) is 4.39 Å². The van der Waals surface area contributed by atoms with Gasteiger partial charge >= 0.3 is 5.97 Å². The van der Waals surface area contributed by atoms with Gasteiger partial charge in [-0.2, -0.15) is 0 Å². The number of hydrogen-bond donors (Lipinski definition) is 1. The minimum atomic E-state index is -4.00. The van der Waals surface area contributed by atoms with Crippen molar-refractivity contribution in [2.24, 2.45) is 0 Å². The lowest BCUT2D eigenvalue weighted by molar-refractivity contribution is 0.0691. The summed E-state index contributed by atoms with van der Waals surface area (Å²) in [4.78, 5) is 10.2. The van der Waals surface area contributed by atoms with Crippen LogP contribution >= 0.6 is 11.6 Å². The largest absolute Gasteiger partial charge is 0.478 e. The molecule has 110 valence electrons. The highest BCUT2D eigenvalue weighted by atomic mass is 35.5. The van der Waals surface area contributed by atoms with E-state index < -0.39 is 38.2 Å². The van der Waals surface area contributed by atoms with Gasteiger partial charge in [0, 0.05) is 11.6 Å². The average molecular weight is 323 g/mol. The Morgan fingerprint density at radius 1 is 1.50 bits per heavy atom. The fourth-order valence-corrected chi connectivity index (χ4v) is 3.96. The summed E-state index contributed by atoms with van der Waals surface area (Å²) in [6, 6.07) is 1.80. The van der Waals surface area contributed by atoms with Gasteiger partial charge in [0.2, 0.25) is 0 Å². The molecule has 5 nitrogen and oxygen atoms in total. The molecule has 1 saturated heterocycles. The molecule has 0 amide bonds.